The highest BCUT2D eigenvalue weighted by Crippen LogP contribution is 2.33. The van der Waals surface area contributed by atoms with Crippen molar-refractivity contribution in [1.29, 1.82) is 0 Å². The average Bonchev–Trinajstić information content (AvgIpc) is 3.21. The number of hydrogen-bond acceptors (Lipinski definition) is 2. The SMILES string of the molecule is O=C(CCc1ccc(Br)cc1F)NC(CCO)C1CC1. The predicted octanol–water partition coefficient (Wildman–Crippen LogP) is 2.80. The van der Waals surface area contributed by atoms with Crippen molar-refractivity contribution in [2.75, 3.05) is 6.61 Å². The fourth-order valence-corrected chi connectivity index (χ4v) is 2.65. The third-order valence-electron chi connectivity index (χ3n) is 3.61. The molecule has 110 valence electrons. The molecule has 1 unspecified atom stereocenters. The van der Waals surface area contributed by atoms with E-state index >= 15 is 0 Å². The molecule has 2 rings (SSSR count). The lowest BCUT2D eigenvalue weighted by Crippen LogP contribution is -2.37. The van der Waals surface area contributed by atoms with Crippen LogP contribution in [0.25, 0.3) is 0 Å². The van der Waals surface area contributed by atoms with Crippen LogP contribution in [0.15, 0.2) is 22.7 Å². The summed E-state index contributed by atoms with van der Waals surface area (Å²) in [7, 11) is 0. The predicted molar refractivity (Wildman–Crippen MR) is 78.8 cm³/mol. The maximum absolute atomic E-state index is 13.6. The smallest absolute Gasteiger partial charge is 0.220 e. The van der Waals surface area contributed by atoms with Crippen LogP contribution in [0.1, 0.15) is 31.2 Å². The topological polar surface area (TPSA) is 49.3 Å². The van der Waals surface area contributed by atoms with Crippen molar-refractivity contribution in [3.05, 3.63) is 34.1 Å². The Balaban J connectivity index is 1.82. The van der Waals surface area contributed by atoms with Crippen LogP contribution >= 0.6 is 15.9 Å². The highest BCUT2D eigenvalue weighted by atomic mass is 79.9. The van der Waals surface area contributed by atoms with E-state index in [0.717, 1.165) is 12.8 Å². The van der Waals surface area contributed by atoms with Crippen molar-refractivity contribution in [3.63, 3.8) is 0 Å². The first kappa shape index (κ1) is 15.4. The monoisotopic (exact) mass is 343 g/mol. The van der Waals surface area contributed by atoms with Gasteiger partial charge in [-0.25, -0.2) is 4.39 Å². The van der Waals surface area contributed by atoms with Crippen LogP contribution in [0.4, 0.5) is 4.39 Å². The second-order valence-electron chi connectivity index (χ2n) is 5.26. The summed E-state index contributed by atoms with van der Waals surface area (Å²) in [6.07, 6.45) is 3.50. The van der Waals surface area contributed by atoms with Crippen LogP contribution in [0.3, 0.4) is 0 Å². The van der Waals surface area contributed by atoms with Crippen molar-refractivity contribution in [2.45, 2.75) is 38.1 Å². The molecule has 0 spiro atoms. The standard InChI is InChI=1S/C15H19BrFNO2/c16-12-5-3-10(13(17)9-12)4-6-15(20)18-14(7-8-19)11-1-2-11/h3,5,9,11,14,19H,1-2,4,6-8H2,(H,18,20). The van der Waals surface area contributed by atoms with Crippen LogP contribution in [0.5, 0.6) is 0 Å². The van der Waals surface area contributed by atoms with Gasteiger partial charge in [0.1, 0.15) is 5.82 Å². The Labute approximate surface area is 126 Å². The molecule has 0 bridgehead atoms. The van der Waals surface area contributed by atoms with Gasteiger partial charge >= 0.3 is 0 Å². The van der Waals surface area contributed by atoms with Gasteiger partial charge in [0, 0.05) is 23.5 Å². The molecule has 0 aromatic heterocycles. The summed E-state index contributed by atoms with van der Waals surface area (Å²) in [5.41, 5.74) is 0.550. The number of carbonyl (C=O) groups is 1. The van der Waals surface area contributed by atoms with Gasteiger partial charge in [-0.1, -0.05) is 22.0 Å². The zero-order valence-corrected chi connectivity index (χ0v) is 12.8. The molecule has 1 amide bonds. The van der Waals surface area contributed by atoms with Crippen molar-refractivity contribution in [3.8, 4) is 0 Å². The van der Waals surface area contributed by atoms with Crippen molar-refractivity contribution in [1.82, 2.24) is 5.32 Å². The van der Waals surface area contributed by atoms with Crippen LogP contribution < -0.4 is 5.32 Å². The molecule has 0 heterocycles. The number of benzene rings is 1. The first-order valence-electron chi connectivity index (χ1n) is 6.94. The maximum atomic E-state index is 13.6. The number of aliphatic hydroxyl groups is 1. The van der Waals surface area contributed by atoms with Crippen molar-refractivity contribution < 1.29 is 14.3 Å². The molecule has 1 aliphatic carbocycles. The van der Waals surface area contributed by atoms with Crippen molar-refractivity contribution >= 4 is 21.8 Å². The van der Waals surface area contributed by atoms with Gasteiger partial charge in [-0.05, 0) is 49.3 Å². The van der Waals surface area contributed by atoms with E-state index in [1.54, 1.807) is 12.1 Å². The van der Waals surface area contributed by atoms with Gasteiger partial charge in [0.05, 0.1) is 0 Å². The third kappa shape index (κ3) is 4.56. The highest BCUT2D eigenvalue weighted by Gasteiger charge is 2.31. The summed E-state index contributed by atoms with van der Waals surface area (Å²) in [4.78, 5) is 11.9. The Hall–Kier alpha value is -0.940. The van der Waals surface area contributed by atoms with Gasteiger partial charge in [0.25, 0.3) is 0 Å². The molecule has 20 heavy (non-hydrogen) atoms. The van der Waals surface area contributed by atoms with E-state index in [9.17, 15) is 9.18 Å². The number of amides is 1. The normalized spacial score (nSPS) is 15.9. The molecule has 1 aliphatic rings. The lowest BCUT2D eigenvalue weighted by molar-refractivity contribution is -0.122. The van der Waals surface area contributed by atoms with Crippen LogP contribution in [0, 0.1) is 11.7 Å². The zero-order valence-electron chi connectivity index (χ0n) is 11.2. The van der Waals surface area contributed by atoms with E-state index < -0.39 is 0 Å². The number of aliphatic hydroxyl groups excluding tert-OH is 1. The minimum absolute atomic E-state index is 0.0715. The molecule has 1 aromatic rings. The fraction of sp³-hybridized carbons (Fsp3) is 0.533. The van der Waals surface area contributed by atoms with Gasteiger partial charge < -0.3 is 10.4 Å². The summed E-state index contributed by atoms with van der Waals surface area (Å²) in [6, 6.07) is 4.95. The Bertz CT molecular complexity index is 477. The number of halogens is 2. The van der Waals surface area contributed by atoms with Crippen LogP contribution in [0.2, 0.25) is 0 Å². The number of carbonyl (C=O) groups excluding carboxylic acids is 1. The van der Waals surface area contributed by atoms with E-state index in [0.29, 0.717) is 28.8 Å². The van der Waals surface area contributed by atoms with Crippen LogP contribution in [-0.4, -0.2) is 23.7 Å². The molecule has 1 saturated carbocycles. The first-order chi connectivity index (χ1) is 9.60. The lowest BCUT2D eigenvalue weighted by atomic mass is 10.1. The molecule has 5 heteroatoms. The largest absolute Gasteiger partial charge is 0.396 e. The quantitative estimate of drug-likeness (QED) is 0.799. The van der Waals surface area contributed by atoms with Gasteiger partial charge in [-0.3, -0.25) is 4.79 Å². The minimum atomic E-state index is -0.290. The summed E-state index contributed by atoms with van der Waals surface area (Å²) in [6.45, 7) is 0.0861. The molecule has 0 radical (unpaired) electrons. The summed E-state index contributed by atoms with van der Waals surface area (Å²) < 4.78 is 14.3. The Kier molecular flexibility index (Phi) is 5.54. The third-order valence-corrected chi connectivity index (χ3v) is 4.11. The van der Waals surface area contributed by atoms with Gasteiger partial charge in [0.15, 0.2) is 0 Å². The molecule has 1 atom stereocenters. The number of rotatable bonds is 7. The molecule has 1 aromatic carbocycles. The number of nitrogens with one attached hydrogen (secondary N) is 1. The molecule has 0 aliphatic heterocycles. The van der Waals surface area contributed by atoms with Crippen molar-refractivity contribution in [2.24, 2.45) is 5.92 Å². The summed E-state index contributed by atoms with van der Waals surface area (Å²) in [5, 5.41) is 11.9. The zero-order chi connectivity index (χ0) is 14.5. The second kappa shape index (κ2) is 7.18. The second-order valence-corrected chi connectivity index (χ2v) is 6.18. The Morgan fingerprint density at radius 2 is 2.25 bits per heavy atom. The summed E-state index contributed by atoms with van der Waals surface area (Å²) >= 11 is 3.21. The van der Waals surface area contributed by atoms with E-state index in [4.69, 9.17) is 5.11 Å². The molecular weight excluding hydrogens is 325 g/mol. The molecule has 0 saturated heterocycles. The number of hydrogen-bond donors (Lipinski definition) is 2. The molecule has 2 N–H and O–H groups in total. The van der Waals surface area contributed by atoms with E-state index in [1.807, 2.05) is 0 Å². The number of aryl methyl sites for hydroxylation is 1. The maximum Gasteiger partial charge on any atom is 0.220 e. The minimum Gasteiger partial charge on any atom is -0.396 e. The van der Waals surface area contributed by atoms with E-state index in [2.05, 4.69) is 21.2 Å². The highest BCUT2D eigenvalue weighted by molar-refractivity contribution is 9.10. The van der Waals surface area contributed by atoms with Gasteiger partial charge in [-0.15, -0.1) is 0 Å². The Morgan fingerprint density at radius 1 is 1.50 bits per heavy atom. The van der Waals surface area contributed by atoms with Gasteiger partial charge in [-0.2, -0.15) is 0 Å². The van der Waals surface area contributed by atoms with E-state index in [-0.39, 0.29) is 30.8 Å². The first-order valence-corrected chi connectivity index (χ1v) is 7.73. The Morgan fingerprint density at radius 3 is 2.85 bits per heavy atom. The molecular formula is C15H19BrFNO2. The summed E-state index contributed by atoms with van der Waals surface area (Å²) in [5.74, 6) is 0.148. The molecule has 1 fully saturated rings. The molecule has 3 nitrogen and oxygen atoms in total. The van der Waals surface area contributed by atoms with Crippen LogP contribution in [-0.2, 0) is 11.2 Å². The van der Waals surface area contributed by atoms with E-state index in [1.165, 1.54) is 6.07 Å². The lowest BCUT2D eigenvalue weighted by Gasteiger charge is -2.17. The van der Waals surface area contributed by atoms with Gasteiger partial charge in [0.2, 0.25) is 5.91 Å². The fourth-order valence-electron chi connectivity index (χ4n) is 2.31. The average molecular weight is 344 g/mol.